The van der Waals surface area contributed by atoms with Crippen molar-refractivity contribution in [3.63, 3.8) is 0 Å². The van der Waals surface area contributed by atoms with Crippen LogP contribution >= 0.6 is 31.9 Å². The summed E-state index contributed by atoms with van der Waals surface area (Å²) in [6.45, 7) is 0. The largest absolute Gasteiger partial charge is 0.506 e. The maximum atomic E-state index is 13.4. The molecule has 4 aromatic carbocycles. The van der Waals surface area contributed by atoms with Gasteiger partial charge in [0.25, 0.3) is 5.56 Å². The number of halogens is 2. The fourth-order valence-electron chi connectivity index (χ4n) is 4.22. The van der Waals surface area contributed by atoms with Gasteiger partial charge in [-0.25, -0.2) is 0 Å². The third-order valence-electron chi connectivity index (χ3n) is 6.06. The predicted molar refractivity (Wildman–Crippen MR) is 151 cm³/mol. The normalized spacial score (nSPS) is 11.0. The van der Waals surface area contributed by atoms with Crippen LogP contribution in [-0.4, -0.2) is 15.5 Å². The quantitative estimate of drug-likeness (QED) is 0.212. The molecule has 0 aliphatic heterocycles. The van der Waals surface area contributed by atoms with Gasteiger partial charge in [-0.1, -0.05) is 44.0 Å². The van der Waals surface area contributed by atoms with Crippen LogP contribution < -0.4 is 10.5 Å². The smallest absolute Gasteiger partial charge is 0.265 e. The van der Waals surface area contributed by atoms with Gasteiger partial charge in [0.15, 0.2) is 0 Å². The molecule has 0 saturated heterocycles. The number of hydrogen-bond donors (Lipinski definition) is 1. The molecule has 0 spiro atoms. The van der Waals surface area contributed by atoms with Crippen LogP contribution in [0.5, 0.6) is 5.75 Å². The number of para-hydroxylation sites is 1. The van der Waals surface area contributed by atoms with Gasteiger partial charge in [0.05, 0.1) is 5.52 Å². The van der Waals surface area contributed by atoms with E-state index in [1.807, 2.05) is 60.7 Å². The minimum Gasteiger partial charge on any atom is -0.506 e. The zero-order chi connectivity index (χ0) is 25.4. The lowest BCUT2D eigenvalue weighted by Gasteiger charge is -2.25. The maximum Gasteiger partial charge on any atom is 0.265 e. The SMILES string of the molecule is Cn1c(=O)c(C(=O)c2ccc(N(c3ccc(Br)cc3)c3ccc(Br)cc3)cc2)c(O)c2ccccc21. The molecule has 36 heavy (non-hydrogen) atoms. The number of anilines is 3. The van der Waals surface area contributed by atoms with Crippen LogP contribution in [-0.2, 0) is 7.05 Å². The number of carbonyl (C=O) groups excluding carboxylic acids is 1. The summed E-state index contributed by atoms with van der Waals surface area (Å²) in [5, 5.41) is 11.3. The summed E-state index contributed by atoms with van der Waals surface area (Å²) >= 11 is 6.97. The van der Waals surface area contributed by atoms with Crippen molar-refractivity contribution >= 4 is 65.6 Å². The molecule has 0 fully saturated rings. The Morgan fingerprint density at radius 3 is 1.75 bits per heavy atom. The number of aromatic hydroxyl groups is 1. The molecule has 0 saturated carbocycles. The van der Waals surface area contributed by atoms with Crippen LogP contribution in [0.2, 0.25) is 0 Å². The molecule has 0 aliphatic rings. The van der Waals surface area contributed by atoms with Crippen LogP contribution in [0.3, 0.4) is 0 Å². The van der Waals surface area contributed by atoms with Crippen LogP contribution in [0.25, 0.3) is 10.9 Å². The van der Waals surface area contributed by atoms with E-state index >= 15 is 0 Å². The molecule has 7 heteroatoms. The zero-order valence-corrected chi connectivity index (χ0v) is 22.3. The van der Waals surface area contributed by atoms with Gasteiger partial charge in [0, 0.05) is 44.0 Å². The number of nitrogens with zero attached hydrogens (tertiary/aromatic N) is 2. The first-order chi connectivity index (χ1) is 17.3. The van der Waals surface area contributed by atoms with E-state index in [0.29, 0.717) is 16.5 Å². The highest BCUT2D eigenvalue weighted by Gasteiger charge is 2.23. The number of ketones is 1. The fourth-order valence-corrected chi connectivity index (χ4v) is 4.75. The van der Waals surface area contributed by atoms with E-state index in [4.69, 9.17) is 0 Å². The zero-order valence-electron chi connectivity index (χ0n) is 19.2. The highest BCUT2D eigenvalue weighted by Crippen LogP contribution is 2.36. The first-order valence-electron chi connectivity index (χ1n) is 11.1. The third-order valence-corrected chi connectivity index (χ3v) is 7.12. The van der Waals surface area contributed by atoms with E-state index in [2.05, 4.69) is 36.8 Å². The first kappa shape index (κ1) is 24.0. The van der Waals surface area contributed by atoms with E-state index < -0.39 is 11.3 Å². The molecule has 5 rings (SSSR count). The van der Waals surface area contributed by atoms with Gasteiger partial charge in [-0.3, -0.25) is 9.59 Å². The topological polar surface area (TPSA) is 62.5 Å². The Morgan fingerprint density at radius 2 is 1.22 bits per heavy atom. The molecule has 0 amide bonds. The van der Waals surface area contributed by atoms with Crippen molar-refractivity contribution < 1.29 is 9.90 Å². The summed E-state index contributed by atoms with van der Waals surface area (Å²) in [6, 6.07) is 29.9. The van der Waals surface area contributed by atoms with Gasteiger partial charge in [0.1, 0.15) is 11.3 Å². The molecule has 1 N–H and O–H groups in total. The lowest BCUT2D eigenvalue weighted by atomic mass is 10.0. The van der Waals surface area contributed by atoms with Gasteiger partial charge in [0.2, 0.25) is 5.78 Å². The minimum absolute atomic E-state index is 0.235. The second kappa shape index (κ2) is 9.76. The van der Waals surface area contributed by atoms with Crippen molar-refractivity contribution in [2.75, 3.05) is 4.90 Å². The van der Waals surface area contributed by atoms with Crippen LogP contribution in [0.1, 0.15) is 15.9 Å². The minimum atomic E-state index is -0.536. The van der Waals surface area contributed by atoms with Gasteiger partial charge >= 0.3 is 0 Å². The second-order valence-corrected chi connectivity index (χ2v) is 10.1. The lowest BCUT2D eigenvalue weighted by molar-refractivity contribution is 0.103. The monoisotopic (exact) mass is 602 g/mol. The molecule has 178 valence electrons. The summed E-state index contributed by atoms with van der Waals surface area (Å²) < 4.78 is 3.33. The summed E-state index contributed by atoms with van der Waals surface area (Å²) in [7, 11) is 1.60. The van der Waals surface area contributed by atoms with Crippen LogP contribution in [0.15, 0.2) is 111 Å². The van der Waals surface area contributed by atoms with Crippen molar-refractivity contribution in [2.24, 2.45) is 7.05 Å². The Morgan fingerprint density at radius 1 is 0.750 bits per heavy atom. The highest BCUT2D eigenvalue weighted by molar-refractivity contribution is 9.10. The Hall–Kier alpha value is -3.68. The molecular formula is C29H20Br2N2O3. The number of aryl methyl sites for hydroxylation is 1. The number of rotatable bonds is 5. The Labute approximate surface area is 224 Å². The molecule has 5 nitrogen and oxygen atoms in total. The molecule has 1 heterocycles. The van der Waals surface area contributed by atoms with Gasteiger partial charge < -0.3 is 14.6 Å². The summed E-state index contributed by atoms with van der Waals surface area (Å²) in [6.07, 6.45) is 0. The van der Waals surface area contributed by atoms with Crippen LogP contribution in [0, 0.1) is 0 Å². The fraction of sp³-hybridized carbons (Fsp3) is 0.0345. The molecule has 5 aromatic rings. The van der Waals surface area contributed by atoms with Crippen molar-refractivity contribution in [2.45, 2.75) is 0 Å². The number of fused-ring (bicyclic) bond motifs is 1. The maximum absolute atomic E-state index is 13.4. The van der Waals surface area contributed by atoms with Crippen LogP contribution in [0.4, 0.5) is 17.1 Å². The number of hydrogen-bond acceptors (Lipinski definition) is 4. The summed E-state index contributed by atoms with van der Waals surface area (Å²) in [5.74, 6) is -0.821. The second-order valence-electron chi connectivity index (χ2n) is 8.27. The molecule has 1 aromatic heterocycles. The molecule has 0 bridgehead atoms. The van der Waals surface area contributed by atoms with Crippen molar-refractivity contribution in [1.82, 2.24) is 4.57 Å². The first-order valence-corrected chi connectivity index (χ1v) is 12.7. The Balaban J connectivity index is 1.57. The van der Waals surface area contributed by atoms with Crippen molar-refractivity contribution in [3.8, 4) is 5.75 Å². The molecule has 0 atom stereocenters. The van der Waals surface area contributed by atoms with Crippen molar-refractivity contribution in [1.29, 1.82) is 0 Å². The molecule has 0 unspecified atom stereocenters. The summed E-state index contributed by atoms with van der Waals surface area (Å²) in [5.41, 5.74) is 2.83. The summed E-state index contributed by atoms with van der Waals surface area (Å²) in [4.78, 5) is 28.4. The Bertz CT molecular complexity index is 1600. The van der Waals surface area contributed by atoms with E-state index in [9.17, 15) is 14.7 Å². The lowest BCUT2D eigenvalue weighted by Crippen LogP contribution is -2.25. The van der Waals surface area contributed by atoms with Gasteiger partial charge in [-0.2, -0.15) is 0 Å². The predicted octanol–water partition coefficient (Wildman–Crippen LogP) is 7.47. The standard InChI is InChI=1S/C29H20Br2N2O3/c1-32-25-5-3-2-4-24(25)28(35)26(29(32)36)27(34)18-6-12-21(13-7-18)33(22-14-8-19(30)9-15-22)23-16-10-20(31)11-17-23/h2-17,35H,1H3. The third kappa shape index (κ3) is 4.36. The number of aromatic nitrogens is 1. The van der Waals surface area contributed by atoms with E-state index in [1.54, 1.807) is 43.4 Å². The molecule has 0 aliphatic carbocycles. The van der Waals surface area contributed by atoms with E-state index in [-0.39, 0.29) is 11.3 Å². The van der Waals surface area contributed by atoms with Gasteiger partial charge in [-0.05, 0) is 84.9 Å². The number of pyridine rings is 1. The molecule has 0 radical (unpaired) electrons. The molecular weight excluding hydrogens is 584 g/mol. The number of benzene rings is 4. The van der Waals surface area contributed by atoms with E-state index in [0.717, 1.165) is 26.0 Å². The average Bonchev–Trinajstić information content (AvgIpc) is 2.90. The Kier molecular flexibility index (Phi) is 6.51. The average molecular weight is 604 g/mol. The van der Waals surface area contributed by atoms with Gasteiger partial charge in [-0.15, -0.1) is 0 Å². The number of carbonyl (C=O) groups is 1. The highest BCUT2D eigenvalue weighted by atomic mass is 79.9. The van der Waals surface area contributed by atoms with E-state index in [1.165, 1.54) is 4.57 Å². The van der Waals surface area contributed by atoms with Crippen molar-refractivity contribution in [3.05, 3.63) is 127 Å².